The number of nitrogens with one attached hydrogen (secondary N) is 1. The minimum atomic E-state index is -0.462. The molecule has 1 saturated heterocycles. The zero-order valence-corrected chi connectivity index (χ0v) is 11.0. The van der Waals surface area contributed by atoms with Crippen molar-refractivity contribution in [2.24, 2.45) is 0 Å². The van der Waals surface area contributed by atoms with Crippen LogP contribution in [-0.2, 0) is 16.0 Å². The summed E-state index contributed by atoms with van der Waals surface area (Å²) in [6, 6.07) is 8.87. The highest BCUT2D eigenvalue weighted by Crippen LogP contribution is 2.11. The van der Waals surface area contributed by atoms with E-state index in [0.717, 1.165) is 5.56 Å². The number of rotatable bonds is 6. The molecule has 5 heteroatoms. The van der Waals surface area contributed by atoms with Gasteiger partial charge in [0.25, 0.3) is 5.91 Å². The van der Waals surface area contributed by atoms with E-state index >= 15 is 0 Å². The van der Waals surface area contributed by atoms with Crippen molar-refractivity contribution in [3.05, 3.63) is 35.9 Å². The Balaban J connectivity index is 1.94. The number of nitrogens with zero attached hydrogens (tertiary/aromatic N) is 1. The summed E-state index contributed by atoms with van der Waals surface area (Å²) in [5.41, 5.74) is 1.04. The Labute approximate surface area is 112 Å². The van der Waals surface area contributed by atoms with E-state index in [4.69, 9.17) is 4.74 Å². The maximum atomic E-state index is 12.1. The molecule has 0 aromatic heterocycles. The third-order valence-corrected chi connectivity index (χ3v) is 3.05. The summed E-state index contributed by atoms with van der Waals surface area (Å²) in [5.74, 6) is -0.173. The summed E-state index contributed by atoms with van der Waals surface area (Å²) in [7, 11) is 0. The molecule has 2 rings (SSSR count). The standard InChI is InChI=1S/C14H18N2O3/c1-2-19-9-8-16-13(17)12(15-14(16)18)10-11-6-4-3-5-7-11/h3-7,12H,2,8-10H2,1H3,(H,15,18)/t12-/m1/s1. The first kappa shape index (κ1) is 13.5. The molecule has 1 N–H and O–H groups in total. The van der Waals surface area contributed by atoms with Gasteiger partial charge in [-0.3, -0.25) is 9.69 Å². The van der Waals surface area contributed by atoms with Crippen LogP contribution in [0.4, 0.5) is 4.79 Å². The van der Waals surface area contributed by atoms with Gasteiger partial charge in [-0.1, -0.05) is 30.3 Å². The van der Waals surface area contributed by atoms with E-state index in [1.807, 2.05) is 37.3 Å². The van der Waals surface area contributed by atoms with Crippen molar-refractivity contribution in [1.29, 1.82) is 0 Å². The molecule has 0 unspecified atom stereocenters. The van der Waals surface area contributed by atoms with Crippen LogP contribution in [0.1, 0.15) is 12.5 Å². The molecule has 102 valence electrons. The molecule has 1 atom stereocenters. The minimum Gasteiger partial charge on any atom is -0.380 e. The molecule has 1 heterocycles. The van der Waals surface area contributed by atoms with Crippen LogP contribution in [0.2, 0.25) is 0 Å². The minimum absolute atomic E-state index is 0.173. The highest BCUT2D eigenvalue weighted by molar-refractivity contribution is 6.04. The smallest absolute Gasteiger partial charge is 0.324 e. The van der Waals surface area contributed by atoms with Gasteiger partial charge in [-0.15, -0.1) is 0 Å². The normalized spacial score (nSPS) is 18.8. The average molecular weight is 262 g/mol. The zero-order chi connectivity index (χ0) is 13.7. The predicted octanol–water partition coefficient (Wildman–Crippen LogP) is 1.19. The van der Waals surface area contributed by atoms with Gasteiger partial charge < -0.3 is 10.1 Å². The van der Waals surface area contributed by atoms with Gasteiger partial charge in [0.2, 0.25) is 0 Å². The summed E-state index contributed by atoms with van der Waals surface area (Å²) in [6.45, 7) is 3.15. The molecule has 0 radical (unpaired) electrons. The molecule has 0 bridgehead atoms. The fraction of sp³-hybridized carbons (Fsp3) is 0.429. The quantitative estimate of drug-likeness (QED) is 0.619. The summed E-state index contributed by atoms with van der Waals surface area (Å²) in [5, 5.41) is 2.71. The van der Waals surface area contributed by atoms with Crippen molar-refractivity contribution in [2.75, 3.05) is 19.8 Å². The number of imide groups is 1. The molecule has 1 aliphatic rings. The SMILES string of the molecule is CCOCCN1C(=O)N[C@H](Cc2ccccc2)C1=O. The number of carbonyl (C=O) groups excluding carboxylic acids is 2. The number of carbonyl (C=O) groups is 2. The molecule has 0 saturated carbocycles. The van der Waals surface area contributed by atoms with Gasteiger partial charge in [-0.05, 0) is 12.5 Å². The first-order chi connectivity index (χ1) is 9.22. The maximum Gasteiger partial charge on any atom is 0.324 e. The molecule has 5 nitrogen and oxygen atoms in total. The Kier molecular flexibility index (Phi) is 4.52. The van der Waals surface area contributed by atoms with E-state index < -0.39 is 6.04 Å². The largest absolute Gasteiger partial charge is 0.380 e. The molecule has 19 heavy (non-hydrogen) atoms. The lowest BCUT2D eigenvalue weighted by Crippen LogP contribution is -2.34. The highest BCUT2D eigenvalue weighted by Gasteiger charge is 2.37. The summed E-state index contributed by atoms with van der Waals surface area (Å²) < 4.78 is 5.17. The van der Waals surface area contributed by atoms with Crippen LogP contribution in [-0.4, -0.2) is 42.6 Å². The fourth-order valence-corrected chi connectivity index (χ4v) is 2.08. The van der Waals surface area contributed by atoms with Gasteiger partial charge in [-0.2, -0.15) is 0 Å². The first-order valence-corrected chi connectivity index (χ1v) is 6.46. The third-order valence-electron chi connectivity index (χ3n) is 3.05. The Hall–Kier alpha value is -1.88. The number of amides is 3. The van der Waals surface area contributed by atoms with E-state index in [-0.39, 0.29) is 11.9 Å². The van der Waals surface area contributed by atoms with Gasteiger partial charge in [0.1, 0.15) is 6.04 Å². The van der Waals surface area contributed by atoms with Crippen molar-refractivity contribution in [3.8, 4) is 0 Å². The molecule has 1 aromatic rings. The van der Waals surface area contributed by atoms with Gasteiger partial charge in [0.15, 0.2) is 0 Å². The molecule has 1 aliphatic heterocycles. The Morgan fingerprint density at radius 2 is 2.00 bits per heavy atom. The van der Waals surface area contributed by atoms with Crippen molar-refractivity contribution in [2.45, 2.75) is 19.4 Å². The van der Waals surface area contributed by atoms with Gasteiger partial charge in [-0.25, -0.2) is 4.79 Å². The second-order valence-electron chi connectivity index (χ2n) is 4.38. The van der Waals surface area contributed by atoms with Crippen LogP contribution in [0.15, 0.2) is 30.3 Å². The number of ether oxygens (including phenoxy) is 1. The number of hydrogen-bond donors (Lipinski definition) is 1. The van der Waals surface area contributed by atoms with Crippen molar-refractivity contribution >= 4 is 11.9 Å². The molecule has 1 aromatic carbocycles. The van der Waals surface area contributed by atoms with Crippen molar-refractivity contribution < 1.29 is 14.3 Å². The van der Waals surface area contributed by atoms with Crippen LogP contribution in [0, 0.1) is 0 Å². The van der Waals surface area contributed by atoms with Crippen LogP contribution in [0.25, 0.3) is 0 Å². The second kappa shape index (κ2) is 6.33. The second-order valence-corrected chi connectivity index (χ2v) is 4.38. The Morgan fingerprint density at radius 1 is 1.26 bits per heavy atom. The van der Waals surface area contributed by atoms with Gasteiger partial charge >= 0.3 is 6.03 Å². The van der Waals surface area contributed by atoms with Gasteiger partial charge in [0, 0.05) is 13.0 Å². The summed E-state index contributed by atoms with van der Waals surface area (Å²) in [6.07, 6.45) is 0.524. The Bertz CT molecular complexity index is 447. The number of benzene rings is 1. The highest BCUT2D eigenvalue weighted by atomic mass is 16.5. The first-order valence-electron chi connectivity index (χ1n) is 6.46. The van der Waals surface area contributed by atoms with Gasteiger partial charge in [0.05, 0.1) is 13.2 Å². The molecule has 0 aliphatic carbocycles. The van der Waals surface area contributed by atoms with Crippen LogP contribution in [0.3, 0.4) is 0 Å². The average Bonchev–Trinajstić information content (AvgIpc) is 2.68. The van der Waals surface area contributed by atoms with E-state index in [9.17, 15) is 9.59 Å². The molecule has 1 fully saturated rings. The number of hydrogen-bond acceptors (Lipinski definition) is 3. The van der Waals surface area contributed by atoms with Crippen molar-refractivity contribution in [1.82, 2.24) is 10.2 Å². The zero-order valence-electron chi connectivity index (χ0n) is 11.0. The van der Waals surface area contributed by atoms with E-state index in [0.29, 0.717) is 26.2 Å². The lowest BCUT2D eigenvalue weighted by molar-refractivity contribution is -0.127. The molecule has 3 amide bonds. The van der Waals surface area contributed by atoms with E-state index in [1.165, 1.54) is 4.90 Å². The Morgan fingerprint density at radius 3 is 2.68 bits per heavy atom. The molecular formula is C14H18N2O3. The third kappa shape index (κ3) is 3.32. The van der Waals surface area contributed by atoms with Crippen LogP contribution in [0.5, 0.6) is 0 Å². The fourth-order valence-electron chi connectivity index (χ4n) is 2.08. The van der Waals surface area contributed by atoms with Crippen LogP contribution >= 0.6 is 0 Å². The van der Waals surface area contributed by atoms with E-state index in [1.54, 1.807) is 0 Å². The lowest BCUT2D eigenvalue weighted by Gasteiger charge is -2.12. The summed E-state index contributed by atoms with van der Waals surface area (Å²) >= 11 is 0. The number of urea groups is 1. The topological polar surface area (TPSA) is 58.6 Å². The van der Waals surface area contributed by atoms with Crippen molar-refractivity contribution in [3.63, 3.8) is 0 Å². The van der Waals surface area contributed by atoms with E-state index in [2.05, 4.69) is 5.32 Å². The monoisotopic (exact) mass is 262 g/mol. The predicted molar refractivity (Wildman–Crippen MR) is 70.7 cm³/mol. The maximum absolute atomic E-state index is 12.1. The lowest BCUT2D eigenvalue weighted by atomic mass is 10.1. The molecular weight excluding hydrogens is 244 g/mol. The molecule has 0 spiro atoms. The summed E-state index contributed by atoms with van der Waals surface area (Å²) in [4.78, 5) is 25.0. The van der Waals surface area contributed by atoms with Crippen LogP contribution < -0.4 is 5.32 Å².